The van der Waals surface area contributed by atoms with E-state index in [0.29, 0.717) is 15.5 Å². The van der Waals surface area contributed by atoms with Crippen molar-refractivity contribution >= 4 is 44.7 Å². The molecule has 1 aliphatic carbocycles. The van der Waals surface area contributed by atoms with Crippen LogP contribution in [0.1, 0.15) is 90.3 Å². The number of nitrogens with zero attached hydrogens (tertiary/aromatic N) is 2. The van der Waals surface area contributed by atoms with Gasteiger partial charge in [0.25, 0.3) is 5.91 Å². The first-order chi connectivity index (χ1) is 20.8. The largest absolute Gasteiger partial charge is 0.338 e. The van der Waals surface area contributed by atoms with Crippen molar-refractivity contribution in [1.29, 1.82) is 0 Å². The molecule has 0 spiro atoms. The first-order valence-corrected chi connectivity index (χ1v) is 17.0. The van der Waals surface area contributed by atoms with Crippen molar-refractivity contribution < 1.29 is 32.5 Å². The number of carbonyl (C=O) groups excluding carboxylic acids is 3. The van der Waals surface area contributed by atoms with Gasteiger partial charge in [-0.25, -0.2) is 13.2 Å². The van der Waals surface area contributed by atoms with Gasteiger partial charge in [0.1, 0.15) is 4.21 Å². The van der Waals surface area contributed by atoms with Crippen LogP contribution in [0, 0.1) is 0 Å². The van der Waals surface area contributed by atoms with Crippen molar-refractivity contribution in [2.24, 2.45) is 5.16 Å². The highest BCUT2D eigenvalue weighted by molar-refractivity contribution is 7.93. The minimum absolute atomic E-state index is 0.129. The molecule has 1 unspecified atom stereocenters. The average Bonchev–Trinajstić information content (AvgIpc) is 3.60. The molecule has 1 heterocycles. The summed E-state index contributed by atoms with van der Waals surface area (Å²) in [6.07, 6.45) is 3.46. The Kier molecular flexibility index (Phi) is 10.1. The van der Waals surface area contributed by atoms with Crippen LogP contribution in [0.15, 0.2) is 68.2 Å². The van der Waals surface area contributed by atoms with Crippen LogP contribution < -0.4 is 0 Å². The molecule has 2 aromatic carbocycles. The van der Waals surface area contributed by atoms with Gasteiger partial charge in [0.15, 0.2) is 0 Å². The van der Waals surface area contributed by atoms with Crippen LogP contribution in [0.3, 0.4) is 0 Å². The number of benzene rings is 2. The van der Waals surface area contributed by atoms with Gasteiger partial charge in [-0.3, -0.25) is 9.59 Å². The molecule has 1 atom stereocenters. The lowest BCUT2D eigenvalue weighted by Crippen LogP contribution is -2.39. The van der Waals surface area contributed by atoms with E-state index in [9.17, 15) is 22.8 Å². The Bertz CT molecular complexity index is 1690. The highest BCUT2D eigenvalue weighted by atomic mass is 32.2. The van der Waals surface area contributed by atoms with Crippen molar-refractivity contribution in [3.05, 3.63) is 70.6 Å². The molecule has 0 N–H and O–H groups in total. The van der Waals surface area contributed by atoms with Crippen molar-refractivity contribution in [2.45, 2.75) is 94.2 Å². The van der Waals surface area contributed by atoms with E-state index >= 15 is 0 Å². The third-order valence-electron chi connectivity index (χ3n) is 7.80. The Morgan fingerprint density at radius 1 is 0.932 bits per heavy atom. The molecular formula is C33H38N2O7S2. The Morgan fingerprint density at radius 2 is 1.57 bits per heavy atom. The quantitative estimate of drug-likeness (QED) is 0.128. The van der Waals surface area contributed by atoms with E-state index in [-0.39, 0.29) is 11.3 Å². The van der Waals surface area contributed by atoms with Gasteiger partial charge in [-0.15, -0.1) is 11.3 Å². The van der Waals surface area contributed by atoms with Crippen LogP contribution in [0.2, 0.25) is 0 Å². The second kappa shape index (κ2) is 13.4. The Hall–Kier alpha value is -3.83. The maximum Gasteiger partial charge on any atom is 0.331 e. The second-order valence-electron chi connectivity index (χ2n) is 11.1. The molecule has 4 rings (SSSR count). The molecule has 0 aliphatic heterocycles. The topological polar surface area (TPSA) is 119 Å². The summed E-state index contributed by atoms with van der Waals surface area (Å²) in [4.78, 5) is 46.2. The number of sulfone groups is 1. The standard InChI is InChI=1S/C33H38N2O7S2/c1-7-15-33(16-8-2)29-19-25(31(34-41-23(5)37)18-21(3)35(22(4)36)42-24(6)38)11-13-27(29)28-14-12-26(20-30(28)33)44(39,40)32-10-9-17-43-32/h9-14,17,19-21H,7-8,15-16,18H2,1-6H3/b34-31+. The van der Waals surface area contributed by atoms with E-state index in [0.717, 1.165) is 53.0 Å². The Morgan fingerprint density at radius 3 is 2.11 bits per heavy atom. The van der Waals surface area contributed by atoms with Crippen LogP contribution in [0.25, 0.3) is 11.1 Å². The third-order valence-corrected chi connectivity index (χ3v) is 10.9. The predicted octanol–water partition coefficient (Wildman–Crippen LogP) is 6.82. The van der Waals surface area contributed by atoms with Crippen LogP contribution in [-0.4, -0.2) is 43.1 Å². The maximum absolute atomic E-state index is 13.5. The lowest BCUT2D eigenvalue weighted by atomic mass is 9.71. The summed E-state index contributed by atoms with van der Waals surface area (Å²) in [7, 11) is -3.68. The molecule has 234 valence electrons. The minimum Gasteiger partial charge on any atom is -0.338 e. The van der Waals surface area contributed by atoms with Crippen molar-refractivity contribution in [3.63, 3.8) is 0 Å². The molecule has 44 heavy (non-hydrogen) atoms. The number of rotatable bonds is 11. The number of carbonyl (C=O) groups is 3. The van der Waals surface area contributed by atoms with Crippen molar-refractivity contribution in [3.8, 4) is 11.1 Å². The first-order valence-electron chi connectivity index (χ1n) is 14.7. The number of fused-ring (bicyclic) bond motifs is 3. The number of hydroxylamine groups is 2. The molecule has 0 radical (unpaired) electrons. The highest BCUT2D eigenvalue weighted by Crippen LogP contribution is 2.54. The van der Waals surface area contributed by atoms with Gasteiger partial charge >= 0.3 is 11.9 Å². The Balaban J connectivity index is 1.85. The Labute approximate surface area is 262 Å². The number of hydrogen-bond acceptors (Lipinski definition) is 9. The monoisotopic (exact) mass is 638 g/mol. The normalized spacial score (nSPS) is 14.4. The molecule has 1 amide bonds. The van der Waals surface area contributed by atoms with Crippen LogP contribution in [0.4, 0.5) is 0 Å². The zero-order chi connectivity index (χ0) is 32.2. The molecule has 11 heteroatoms. The van der Waals surface area contributed by atoms with E-state index in [1.807, 2.05) is 30.3 Å². The molecule has 0 fully saturated rings. The molecule has 1 aliphatic rings. The van der Waals surface area contributed by atoms with Gasteiger partial charge in [-0.2, -0.15) is 5.06 Å². The summed E-state index contributed by atoms with van der Waals surface area (Å²) >= 11 is 1.20. The smallest absolute Gasteiger partial charge is 0.331 e. The summed E-state index contributed by atoms with van der Waals surface area (Å²) in [5.41, 5.74) is 4.65. The van der Waals surface area contributed by atoms with Gasteiger partial charge in [-0.1, -0.05) is 56.1 Å². The van der Waals surface area contributed by atoms with Crippen molar-refractivity contribution in [2.75, 3.05) is 0 Å². The zero-order valence-electron chi connectivity index (χ0n) is 25.9. The SMILES string of the molecule is CCCC1(CCC)c2cc(/C(CC(C)N(OC(C)=O)C(C)=O)=N/OC(C)=O)ccc2-c2ccc(S(=O)(=O)c3cccs3)cc21. The lowest BCUT2D eigenvalue weighted by Gasteiger charge is -2.32. The number of hydrogen-bond donors (Lipinski definition) is 0. The van der Waals surface area contributed by atoms with E-state index in [2.05, 4.69) is 19.0 Å². The third kappa shape index (κ3) is 6.49. The molecule has 1 aromatic heterocycles. The molecule has 0 saturated carbocycles. The van der Waals surface area contributed by atoms with Gasteiger partial charge in [0.05, 0.1) is 16.6 Å². The number of oxime groups is 1. The number of amides is 1. The van der Waals surface area contributed by atoms with Crippen LogP contribution in [0.5, 0.6) is 0 Å². The van der Waals surface area contributed by atoms with Gasteiger partial charge in [0, 0.05) is 32.6 Å². The number of thiophene rings is 1. The van der Waals surface area contributed by atoms with Crippen LogP contribution in [-0.2, 0) is 39.3 Å². The van der Waals surface area contributed by atoms with E-state index < -0.39 is 39.1 Å². The maximum atomic E-state index is 13.5. The predicted molar refractivity (Wildman–Crippen MR) is 169 cm³/mol. The van der Waals surface area contributed by atoms with Gasteiger partial charge in [0.2, 0.25) is 9.84 Å². The molecule has 0 saturated heterocycles. The molecule has 0 bridgehead atoms. The molecule has 9 nitrogen and oxygen atoms in total. The minimum atomic E-state index is -3.68. The second-order valence-corrected chi connectivity index (χ2v) is 14.2. The van der Waals surface area contributed by atoms with Gasteiger partial charge in [-0.05, 0) is 77.2 Å². The molecule has 3 aromatic rings. The fourth-order valence-corrected chi connectivity index (χ4v) is 8.58. The average molecular weight is 639 g/mol. The van der Waals surface area contributed by atoms with Crippen LogP contribution >= 0.6 is 11.3 Å². The first kappa shape index (κ1) is 33.1. The summed E-state index contributed by atoms with van der Waals surface area (Å²) in [6.45, 7) is 9.71. The fourth-order valence-electron chi connectivity index (χ4n) is 6.16. The molecular weight excluding hydrogens is 601 g/mol. The lowest BCUT2D eigenvalue weighted by molar-refractivity contribution is -0.202. The van der Waals surface area contributed by atoms with E-state index in [1.165, 1.54) is 32.1 Å². The fraction of sp³-hybridized carbons (Fsp3) is 0.394. The summed E-state index contributed by atoms with van der Waals surface area (Å²) in [6, 6.07) is 14.1. The van der Waals surface area contributed by atoms with E-state index in [4.69, 9.17) is 9.68 Å². The van der Waals surface area contributed by atoms with Crippen molar-refractivity contribution in [1.82, 2.24) is 5.06 Å². The van der Waals surface area contributed by atoms with Gasteiger partial charge < -0.3 is 9.68 Å². The van der Waals surface area contributed by atoms with E-state index in [1.54, 1.807) is 30.5 Å². The summed E-state index contributed by atoms with van der Waals surface area (Å²) in [5, 5.41) is 6.90. The zero-order valence-corrected chi connectivity index (χ0v) is 27.5. The summed E-state index contributed by atoms with van der Waals surface area (Å²) in [5.74, 6) is -1.69. The summed E-state index contributed by atoms with van der Waals surface area (Å²) < 4.78 is 27.4. The highest BCUT2D eigenvalue weighted by Gasteiger charge is 2.43.